The van der Waals surface area contributed by atoms with Gasteiger partial charge in [-0.1, -0.05) is 19.1 Å². The first-order valence-corrected chi connectivity index (χ1v) is 9.61. The number of nitrogens with one attached hydrogen (secondary N) is 2. The van der Waals surface area contributed by atoms with Crippen molar-refractivity contribution in [3.63, 3.8) is 0 Å². The number of carbonyl (C=O) groups excluding carboxylic acids is 2. The van der Waals surface area contributed by atoms with Crippen molar-refractivity contribution in [3.05, 3.63) is 58.8 Å². The minimum absolute atomic E-state index is 0.226. The van der Waals surface area contributed by atoms with Crippen LogP contribution in [-0.4, -0.2) is 31.0 Å². The number of hydrogen-bond donors (Lipinski definition) is 3. The first-order chi connectivity index (χ1) is 13.0. The molecule has 4 N–H and O–H groups in total. The molecule has 144 valence electrons. The molecule has 2 atom stereocenters. The molecule has 0 spiro atoms. The molecule has 7 heteroatoms. The van der Waals surface area contributed by atoms with Gasteiger partial charge >= 0.3 is 0 Å². The summed E-state index contributed by atoms with van der Waals surface area (Å²) in [6.45, 7) is 1.93. The number of benzene rings is 1. The summed E-state index contributed by atoms with van der Waals surface area (Å²) in [6.07, 6.45) is 4.25. The second-order valence-electron chi connectivity index (χ2n) is 5.99. The van der Waals surface area contributed by atoms with E-state index in [0.717, 1.165) is 10.6 Å². The molecular weight excluding hydrogens is 362 g/mol. The monoisotopic (exact) mass is 387 g/mol. The number of rotatable bonds is 9. The zero-order valence-corrected chi connectivity index (χ0v) is 16.3. The Kier molecular flexibility index (Phi) is 8.03. The van der Waals surface area contributed by atoms with Gasteiger partial charge in [0.2, 0.25) is 11.8 Å². The first kappa shape index (κ1) is 20.7. The predicted molar refractivity (Wildman–Crippen MR) is 109 cm³/mol. The van der Waals surface area contributed by atoms with E-state index in [9.17, 15) is 9.59 Å². The minimum atomic E-state index is -0.612. The lowest BCUT2D eigenvalue weighted by molar-refractivity contribution is -0.122. The molecule has 0 bridgehead atoms. The first-order valence-electron chi connectivity index (χ1n) is 8.73. The fourth-order valence-electron chi connectivity index (χ4n) is 2.38. The smallest absolute Gasteiger partial charge is 0.248 e. The standard InChI is InChI=1S/C20H25N3O3S/c1-3-14(23-20(25)18(21)13-17-5-4-12-27-17)8-11-19(24)22-15-6-9-16(26-2)10-7-15/h4-12,14,18H,3,13,21H2,1-2H3,(H,22,24)(H,23,25). The fourth-order valence-corrected chi connectivity index (χ4v) is 3.14. The molecule has 0 radical (unpaired) electrons. The number of methoxy groups -OCH3 is 1. The van der Waals surface area contributed by atoms with E-state index in [0.29, 0.717) is 18.5 Å². The Morgan fingerprint density at radius 3 is 2.59 bits per heavy atom. The number of hydrogen-bond acceptors (Lipinski definition) is 5. The van der Waals surface area contributed by atoms with Crippen LogP contribution in [0.1, 0.15) is 18.2 Å². The molecule has 2 unspecified atom stereocenters. The SMILES string of the molecule is CCC(C=CC(=O)Nc1ccc(OC)cc1)NC(=O)C(N)Cc1cccs1. The van der Waals surface area contributed by atoms with Crippen LogP contribution in [0, 0.1) is 0 Å². The van der Waals surface area contributed by atoms with E-state index in [-0.39, 0.29) is 17.9 Å². The normalized spacial score (nSPS) is 13.1. The van der Waals surface area contributed by atoms with E-state index >= 15 is 0 Å². The van der Waals surface area contributed by atoms with E-state index in [1.54, 1.807) is 48.8 Å². The topological polar surface area (TPSA) is 93.5 Å². The number of anilines is 1. The van der Waals surface area contributed by atoms with E-state index in [1.807, 2.05) is 24.4 Å². The number of amides is 2. The van der Waals surface area contributed by atoms with Crippen molar-refractivity contribution < 1.29 is 14.3 Å². The highest BCUT2D eigenvalue weighted by atomic mass is 32.1. The molecule has 1 aromatic carbocycles. The van der Waals surface area contributed by atoms with Gasteiger partial charge in [-0.15, -0.1) is 11.3 Å². The maximum atomic E-state index is 12.3. The molecule has 2 amide bonds. The quantitative estimate of drug-likeness (QED) is 0.577. The van der Waals surface area contributed by atoms with Crippen LogP contribution in [0.2, 0.25) is 0 Å². The molecule has 0 aliphatic carbocycles. The van der Waals surface area contributed by atoms with Gasteiger partial charge in [-0.3, -0.25) is 9.59 Å². The lowest BCUT2D eigenvalue weighted by Crippen LogP contribution is -2.45. The van der Waals surface area contributed by atoms with E-state index < -0.39 is 6.04 Å². The van der Waals surface area contributed by atoms with Crippen LogP contribution < -0.4 is 21.1 Å². The summed E-state index contributed by atoms with van der Waals surface area (Å²) in [5.74, 6) is 0.224. The average Bonchev–Trinajstić information content (AvgIpc) is 3.18. The van der Waals surface area contributed by atoms with Crippen molar-refractivity contribution in [2.24, 2.45) is 5.73 Å². The number of thiophene rings is 1. The second kappa shape index (κ2) is 10.5. The molecule has 2 rings (SSSR count). The summed E-state index contributed by atoms with van der Waals surface area (Å²) < 4.78 is 5.08. The highest BCUT2D eigenvalue weighted by molar-refractivity contribution is 7.09. The van der Waals surface area contributed by atoms with Gasteiger partial charge in [0.05, 0.1) is 13.2 Å². The number of ether oxygens (including phenoxy) is 1. The van der Waals surface area contributed by atoms with Crippen LogP contribution in [0.25, 0.3) is 0 Å². The van der Waals surface area contributed by atoms with Crippen molar-refractivity contribution in [3.8, 4) is 5.75 Å². The molecule has 27 heavy (non-hydrogen) atoms. The Morgan fingerprint density at radius 2 is 2.00 bits per heavy atom. The third-order valence-electron chi connectivity index (χ3n) is 3.94. The van der Waals surface area contributed by atoms with Gasteiger partial charge in [-0.2, -0.15) is 0 Å². The zero-order valence-electron chi connectivity index (χ0n) is 15.5. The Labute approximate surface area is 163 Å². The van der Waals surface area contributed by atoms with Crippen LogP contribution >= 0.6 is 11.3 Å². The van der Waals surface area contributed by atoms with Gasteiger partial charge in [0.15, 0.2) is 0 Å². The summed E-state index contributed by atoms with van der Waals surface area (Å²) in [6, 6.07) is 10.1. The molecule has 2 aromatic rings. The summed E-state index contributed by atoms with van der Waals surface area (Å²) >= 11 is 1.58. The van der Waals surface area contributed by atoms with Gasteiger partial charge in [-0.05, 0) is 42.1 Å². The molecular formula is C20H25N3O3S. The Balaban J connectivity index is 1.84. The van der Waals surface area contributed by atoms with Crippen LogP contribution in [-0.2, 0) is 16.0 Å². The summed E-state index contributed by atoms with van der Waals surface area (Å²) in [4.78, 5) is 25.4. The average molecular weight is 388 g/mol. The van der Waals surface area contributed by atoms with Gasteiger partial charge in [0, 0.05) is 29.1 Å². The third-order valence-corrected chi connectivity index (χ3v) is 4.84. The molecule has 1 aromatic heterocycles. The van der Waals surface area contributed by atoms with Crippen molar-refractivity contribution in [2.45, 2.75) is 31.8 Å². The highest BCUT2D eigenvalue weighted by Gasteiger charge is 2.17. The second-order valence-corrected chi connectivity index (χ2v) is 7.02. The van der Waals surface area contributed by atoms with E-state index in [2.05, 4.69) is 10.6 Å². The van der Waals surface area contributed by atoms with Crippen LogP contribution in [0.5, 0.6) is 5.75 Å². The lowest BCUT2D eigenvalue weighted by Gasteiger charge is -2.16. The molecule has 0 saturated carbocycles. The lowest BCUT2D eigenvalue weighted by atomic mass is 10.1. The maximum absolute atomic E-state index is 12.3. The molecule has 1 heterocycles. The van der Waals surface area contributed by atoms with Gasteiger partial charge in [-0.25, -0.2) is 0 Å². The van der Waals surface area contributed by atoms with Crippen LogP contribution in [0.4, 0.5) is 5.69 Å². The van der Waals surface area contributed by atoms with Gasteiger partial charge in [0.1, 0.15) is 5.75 Å². The summed E-state index contributed by atoms with van der Waals surface area (Å²) in [5.41, 5.74) is 6.64. The summed E-state index contributed by atoms with van der Waals surface area (Å²) in [5, 5.41) is 7.59. The third kappa shape index (κ3) is 6.88. The molecule has 0 fully saturated rings. The van der Waals surface area contributed by atoms with Crippen molar-refractivity contribution in [1.29, 1.82) is 0 Å². The van der Waals surface area contributed by atoms with Gasteiger partial charge in [0.25, 0.3) is 0 Å². The largest absolute Gasteiger partial charge is 0.497 e. The number of nitrogens with two attached hydrogens (primary N) is 1. The van der Waals surface area contributed by atoms with Crippen LogP contribution in [0.15, 0.2) is 53.9 Å². The van der Waals surface area contributed by atoms with Crippen molar-refractivity contribution in [2.75, 3.05) is 12.4 Å². The van der Waals surface area contributed by atoms with Crippen LogP contribution in [0.3, 0.4) is 0 Å². The molecule has 0 aliphatic rings. The fraction of sp³-hybridized carbons (Fsp3) is 0.300. The molecule has 6 nitrogen and oxygen atoms in total. The Bertz CT molecular complexity index is 757. The molecule has 0 saturated heterocycles. The van der Waals surface area contributed by atoms with Crippen molar-refractivity contribution in [1.82, 2.24) is 5.32 Å². The minimum Gasteiger partial charge on any atom is -0.497 e. The predicted octanol–water partition coefficient (Wildman–Crippen LogP) is 2.72. The molecule has 0 aliphatic heterocycles. The van der Waals surface area contributed by atoms with E-state index in [1.165, 1.54) is 6.08 Å². The number of carbonyl (C=O) groups is 2. The van der Waals surface area contributed by atoms with Crippen molar-refractivity contribution >= 4 is 28.8 Å². The van der Waals surface area contributed by atoms with Gasteiger partial charge < -0.3 is 21.1 Å². The summed E-state index contributed by atoms with van der Waals surface area (Å²) in [7, 11) is 1.59. The zero-order chi connectivity index (χ0) is 19.6. The highest BCUT2D eigenvalue weighted by Crippen LogP contribution is 2.15. The van der Waals surface area contributed by atoms with E-state index in [4.69, 9.17) is 10.5 Å². The maximum Gasteiger partial charge on any atom is 0.248 e. The Hall–Kier alpha value is -2.64. The Morgan fingerprint density at radius 1 is 1.26 bits per heavy atom.